The van der Waals surface area contributed by atoms with Gasteiger partial charge in [0.1, 0.15) is 12.1 Å². The second kappa shape index (κ2) is 11.4. The van der Waals surface area contributed by atoms with Crippen LogP contribution in [0, 0.1) is 0 Å². The van der Waals surface area contributed by atoms with Crippen LogP contribution in [0.3, 0.4) is 0 Å². The van der Waals surface area contributed by atoms with Gasteiger partial charge in [-0.2, -0.15) is 4.98 Å². The van der Waals surface area contributed by atoms with E-state index in [0.717, 1.165) is 56.3 Å². The van der Waals surface area contributed by atoms with Crippen molar-refractivity contribution >= 4 is 17.6 Å². The summed E-state index contributed by atoms with van der Waals surface area (Å²) in [4.78, 5) is 19.5. The van der Waals surface area contributed by atoms with Crippen LogP contribution in [-0.4, -0.2) is 65.4 Å². The molecule has 2 aliphatic rings. The molecule has 0 spiro atoms. The van der Waals surface area contributed by atoms with E-state index in [1.807, 2.05) is 22.9 Å². The zero-order chi connectivity index (χ0) is 27.5. The molecule has 1 saturated heterocycles. The zero-order valence-electron chi connectivity index (χ0n) is 23.3. The maximum atomic E-state index is 5.52. The van der Waals surface area contributed by atoms with E-state index in [2.05, 4.69) is 50.4 Å². The molecule has 1 N–H and O–H groups in total. The molecular weight excluding hydrogens is 506 g/mol. The van der Waals surface area contributed by atoms with Gasteiger partial charge in [0.05, 0.1) is 38.9 Å². The summed E-state index contributed by atoms with van der Waals surface area (Å²) < 4.78 is 18.4. The van der Waals surface area contributed by atoms with E-state index in [1.54, 1.807) is 27.7 Å². The number of imidazole rings is 1. The first-order chi connectivity index (χ1) is 19.6. The van der Waals surface area contributed by atoms with Crippen LogP contribution in [0.5, 0.6) is 17.2 Å². The number of nitrogens with zero attached hydrogens (tertiary/aromatic N) is 6. The molecule has 0 unspecified atom stereocenters. The molecule has 0 bridgehead atoms. The van der Waals surface area contributed by atoms with Crippen molar-refractivity contribution in [2.75, 3.05) is 51.2 Å². The molecule has 4 aromatic rings. The number of aromatic nitrogens is 4. The first-order valence-corrected chi connectivity index (χ1v) is 13.7. The number of benzene rings is 2. The average Bonchev–Trinajstić information content (AvgIpc) is 3.70. The predicted octanol–water partition coefficient (Wildman–Crippen LogP) is 4.59. The SMILES string of the molecule is COc1cc(-n2cnc(Nc3nc4c(c(N5CCCC5)n3)CN(Cc3ccccc3)CC4)c2)cc(OC)c1OC. The molecule has 10 heteroatoms. The van der Waals surface area contributed by atoms with Gasteiger partial charge in [-0.05, 0) is 18.4 Å². The monoisotopic (exact) mass is 541 g/mol. The number of methoxy groups -OCH3 is 3. The van der Waals surface area contributed by atoms with Crippen LogP contribution in [0.1, 0.15) is 29.7 Å². The Morgan fingerprint density at radius 3 is 2.35 bits per heavy atom. The topological polar surface area (TPSA) is 89.8 Å². The fraction of sp³-hybridized carbons (Fsp3) is 0.367. The van der Waals surface area contributed by atoms with Crippen LogP contribution in [0.2, 0.25) is 0 Å². The van der Waals surface area contributed by atoms with Crippen molar-refractivity contribution in [3.8, 4) is 22.9 Å². The maximum absolute atomic E-state index is 5.52. The lowest BCUT2D eigenvalue weighted by Crippen LogP contribution is -2.33. The average molecular weight is 542 g/mol. The molecule has 2 aromatic carbocycles. The minimum atomic E-state index is 0.548. The van der Waals surface area contributed by atoms with E-state index in [4.69, 9.17) is 24.2 Å². The van der Waals surface area contributed by atoms with Gasteiger partial charge in [-0.15, -0.1) is 0 Å². The number of ether oxygens (including phenoxy) is 3. The molecule has 2 aliphatic heterocycles. The zero-order valence-corrected chi connectivity index (χ0v) is 23.3. The number of rotatable bonds is 9. The Hall–Kier alpha value is -4.31. The highest BCUT2D eigenvalue weighted by atomic mass is 16.5. The number of hydrogen-bond acceptors (Lipinski definition) is 9. The summed E-state index contributed by atoms with van der Waals surface area (Å²) in [5, 5.41) is 3.36. The highest BCUT2D eigenvalue weighted by molar-refractivity contribution is 5.60. The van der Waals surface area contributed by atoms with Gasteiger partial charge in [-0.1, -0.05) is 30.3 Å². The molecule has 6 rings (SSSR count). The molecule has 0 atom stereocenters. The van der Waals surface area contributed by atoms with Crippen molar-refractivity contribution in [2.24, 2.45) is 0 Å². The Balaban J connectivity index is 1.26. The summed E-state index contributed by atoms with van der Waals surface area (Å²) in [5.74, 6) is 3.98. The highest BCUT2D eigenvalue weighted by Gasteiger charge is 2.27. The molecule has 208 valence electrons. The number of nitrogens with one attached hydrogen (secondary N) is 1. The third-order valence-electron chi connectivity index (χ3n) is 7.54. The lowest BCUT2D eigenvalue weighted by molar-refractivity contribution is 0.243. The molecule has 10 nitrogen and oxygen atoms in total. The summed E-state index contributed by atoms with van der Waals surface area (Å²) in [6.07, 6.45) is 6.91. The van der Waals surface area contributed by atoms with Crippen LogP contribution in [-0.2, 0) is 19.5 Å². The van der Waals surface area contributed by atoms with Gasteiger partial charge in [0.15, 0.2) is 17.3 Å². The van der Waals surface area contributed by atoms with Crippen LogP contribution >= 0.6 is 0 Å². The molecule has 40 heavy (non-hydrogen) atoms. The smallest absolute Gasteiger partial charge is 0.230 e. The lowest BCUT2D eigenvalue weighted by atomic mass is 10.0. The Kier molecular flexibility index (Phi) is 7.41. The Morgan fingerprint density at radius 1 is 0.900 bits per heavy atom. The Bertz CT molecular complexity index is 1440. The number of fused-ring (bicyclic) bond motifs is 1. The quantitative estimate of drug-likeness (QED) is 0.327. The highest BCUT2D eigenvalue weighted by Crippen LogP contribution is 2.39. The predicted molar refractivity (Wildman–Crippen MR) is 154 cm³/mol. The van der Waals surface area contributed by atoms with Crippen LogP contribution in [0.15, 0.2) is 55.0 Å². The first-order valence-electron chi connectivity index (χ1n) is 13.7. The van der Waals surface area contributed by atoms with Crippen LogP contribution < -0.4 is 24.4 Å². The molecule has 0 saturated carbocycles. The first kappa shape index (κ1) is 25.9. The molecule has 2 aromatic heterocycles. The number of hydrogen-bond donors (Lipinski definition) is 1. The van der Waals surface area contributed by atoms with E-state index in [0.29, 0.717) is 29.0 Å². The lowest BCUT2D eigenvalue weighted by Gasteiger charge is -2.31. The van der Waals surface area contributed by atoms with Crippen molar-refractivity contribution in [1.29, 1.82) is 0 Å². The summed E-state index contributed by atoms with van der Waals surface area (Å²) in [5.41, 5.74) is 4.53. The summed E-state index contributed by atoms with van der Waals surface area (Å²) >= 11 is 0. The van der Waals surface area contributed by atoms with Gasteiger partial charge in [0, 0.05) is 56.8 Å². The second-order valence-electron chi connectivity index (χ2n) is 10.1. The van der Waals surface area contributed by atoms with Crippen molar-refractivity contribution in [3.63, 3.8) is 0 Å². The fourth-order valence-corrected chi connectivity index (χ4v) is 5.54. The van der Waals surface area contributed by atoms with Gasteiger partial charge < -0.3 is 29.0 Å². The Labute approximate surface area is 234 Å². The van der Waals surface area contributed by atoms with Crippen molar-refractivity contribution in [2.45, 2.75) is 32.4 Å². The van der Waals surface area contributed by atoms with E-state index < -0.39 is 0 Å². The van der Waals surface area contributed by atoms with E-state index in [-0.39, 0.29) is 0 Å². The van der Waals surface area contributed by atoms with E-state index in [1.165, 1.54) is 24.0 Å². The molecule has 0 amide bonds. The van der Waals surface area contributed by atoms with Crippen LogP contribution in [0.25, 0.3) is 5.69 Å². The van der Waals surface area contributed by atoms with E-state index in [9.17, 15) is 0 Å². The third kappa shape index (κ3) is 5.27. The van der Waals surface area contributed by atoms with Gasteiger partial charge in [-0.3, -0.25) is 4.90 Å². The van der Waals surface area contributed by atoms with Gasteiger partial charge in [-0.25, -0.2) is 9.97 Å². The number of anilines is 3. The maximum Gasteiger partial charge on any atom is 0.230 e. The van der Waals surface area contributed by atoms with Crippen molar-refractivity contribution in [3.05, 3.63) is 71.8 Å². The van der Waals surface area contributed by atoms with Crippen LogP contribution in [0.4, 0.5) is 17.6 Å². The van der Waals surface area contributed by atoms with Crippen molar-refractivity contribution in [1.82, 2.24) is 24.4 Å². The summed E-state index contributed by atoms with van der Waals surface area (Å²) in [7, 11) is 4.80. The third-order valence-corrected chi connectivity index (χ3v) is 7.54. The largest absolute Gasteiger partial charge is 0.493 e. The molecule has 0 radical (unpaired) electrons. The minimum absolute atomic E-state index is 0.548. The summed E-state index contributed by atoms with van der Waals surface area (Å²) in [6.45, 7) is 4.80. The van der Waals surface area contributed by atoms with Crippen molar-refractivity contribution < 1.29 is 14.2 Å². The summed E-state index contributed by atoms with van der Waals surface area (Å²) in [6, 6.07) is 14.4. The fourth-order valence-electron chi connectivity index (χ4n) is 5.54. The molecular formula is C30H35N7O3. The minimum Gasteiger partial charge on any atom is -0.493 e. The Morgan fingerprint density at radius 2 is 1.65 bits per heavy atom. The molecule has 4 heterocycles. The van der Waals surface area contributed by atoms with Gasteiger partial charge in [0.25, 0.3) is 0 Å². The van der Waals surface area contributed by atoms with Gasteiger partial charge >= 0.3 is 0 Å². The second-order valence-corrected chi connectivity index (χ2v) is 10.1. The van der Waals surface area contributed by atoms with Gasteiger partial charge in [0.2, 0.25) is 11.7 Å². The van der Waals surface area contributed by atoms with E-state index >= 15 is 0 Å². The molecule has 0 aliphatic carbocycles. The standard InChI is InChI=1S/C30H35N7O3/c1-38-25-15-22(16-26(39-2)28(25)40-3)37-19-27(31-20-37)33-30-32-24-11-14-35(17-21-9-5-4-6-10-21)18-23(24)29(34-30)36-12-7-8-13-36/h4-6,9-10,15-16,19-20H,7-8,11-14,17-18H2,1-3H3,(H,32,33,34). The molecule has 1 fully saturated rings. The normalized spacial score (nSPS) is 15.1.